The third-order valence-corrected chi connectivity index (χ3v) is 6.48. The summed E-state index contributed by atoms with van der Waals surface area (Å²) in [6, 6.07) is -2.27. The van der Waals surface area contributed by atoms with Crippen LogP contribution >= 0.6 is 11.8 Å². The fourth-order valence-electron chi connectivity index (χ4n) is 3.88. The van der Waals surface area contributed by atoms with Gasteiger partial charge in [-0.15, -0.1) is 11.8 Å². The van der Waals surface area contributed by atoms with Crippen LogP contribution in [-0.2, 0) is 19.2 Å². The van der Waals surface area contributed by atoms with Crippen molar-refractivity contribution in [2.24, 2.45) is 0 Å². The first-order valence-corrected chi connectivity index (χ1v) is 9.53. The van der Waals surface area contributed by atoms with Crippen LogP contribution in [0.5, 0.6) is 0 Å². The van der Waals surface area contributed by atoms with Gasteiger partial charge in [0.1, 0.15) is 18.1 Å². The molecule has 8 nitrogen and oxygen atoms in total. The van der Waals surface area contributed by atoms with Gasteiger partial charge >= 0.3 is 5.97 Å². The van der Waals surface area contributed by atoms with Gasteiger partial charge in [0.15, 0.2) is 0 Å². The van der Waals surface area contributed by atoms with E-state index in [1.54, 1.807) is 18.7 Å². The van der Waals surface area contributed by atoms with E-state index in [1.165, 1.54) is 16.7 Å². The lowest BCUT2D eigenvalue weighted by molar-refractivity contribution is -0.149. The zero-order chi connectivity index (χ0) is 18.3. The Balaban J connectivity index is 1.90. The highest BCUT2D eigenvalue weighted by Crippen LogP contribution is 2.33. The second kappa shape index (κ2) is 6.86. The van der Waals surface area contributed by atoms with Crippen LogP contribution in [0.3, 0.4) is 0 Å². The van der Waals surface area contributed by atoms with E-state index in [0.29, 0.717) is 19.4 Å². The molecule has 0 aliphatic carbocycles. The van der Waals surface area contributed by atoms with Crippen molar-refractivity contribution in [1.29, 1.82) is 0 Å². The maximum Gasteiger partial charge on any atom is 0.326 e. The molecule has 0 radical (unpaired) electrons. The second-order valence-corrected chi connectivity index (χ2v) is 8.55. The number of nitrogens with one attached hydrogen (secondary N) is 1. The zero-order valence-corrected chi connectivity index (χ0v) is 15.1. The van der Waals surface area contributed by atoms with Crippen molar-refractivity contribution in [3.8, 4) is 0 Å². The fourth-order valence-corrected chi connectivity index (χ4v) is 5.25. The van der Waals surface area contributed by atoms with Crippen molar-refractivity contribution in [2.75, 3.05) is 13.1 Å². The highest BCUT2D eigenvalue weighted by atomic mass is 32.2. The minimum atomic E-state index is -1.05. The first kappa shape index (κ1) is 18.0. The van der Waals surface area contributed by atoms with Crippen LogP contribution in [0, 0.1) is 0 Å². The minimum Gasteiger partial charge on any atom is -0.480 e. The first-order valence-electron chi connectivity index (χ1n) is 8.59. The van der Waals surface area contributed by atoms with Gasteiger partial charge in [0, 0.05) is 18.3 Å². The Bertz CT molecular complexity index is 613. The number of fused-ring (bicyclic) bond motifs is 3. The maximum atomic E-state index is 12.8. The quantitative estimate of drug-likeness (QED) is 0.656. The topological polar surface area (TPSA) is 107 Å². The lowest BCUT2D eigenvalue weighted by Gasteiger charge is -2.30. The van der Waals surface area contributed by atoms with Gasteiger partial charge in [-0.05, 0) is 33.1 Å². The molecule has 9 heteroatoms. The third kappa shape index (κ3) is 3.33. The Morgan fingerprint density at radius 2 is 1.92 bits per heavy atom. The number of thioether (sulfide) groups is 1. The molecule has 25 heavy (non-hydrogen) atoms. The molecular formula is C16H23N3O5S. The van der Waals surface area contributed by atoms with E-state index < -0.39 is 24.1 Å². The molecule has 5 atom stereocenters. The predicted octanol–water partition coefficient (Wildman–Crippen LogP) is -0.328. The molecule has 138 valence electrons. The molecular weight excluding hydrogens is 346 g/mol. The van der Waals surface area contributed by atoms with Crippen molar-refractivity contribution >= 4 is 35.5 Å². The summed E-state index contributed by atoms with van der Waals surface area (Å²) in [5.41, 5.74) is 0. The number of rotatable bonds is 1. The standard InChI is InChI=1S/C16H23N3O5S/c1-8-14(21)19-7-10(6-12(19)16(23)24)25-9(2)15(22)18-5-3-4-11(18)13(20)17-8/h8-12H,3-7H2,1-2H3,(H,17,20)(H,23,24)/t8-,9-,10+,11+,12+/m1/s1. The Morgan fingerprint density at radius 1 is 1.20 bits per heavy atom. The van der Waals surface area contributed by atoms with Crippen molar-refractivity contribution in [2.45, 2.75) is 61.7 Å². The Labute approximate surface area is 150 Å². The highest BCUT2D eigenvalue weighted by Gasteiger charge is 2.45. The molecule has 0 aromatic rings. The number of hydrogen-bond donors (Lipinski definition) is 2. The lowest BCUT2D eigenvalue weighted by Crippen LogP contribution is -2.55. The molecule has 3 aliphatic rings. The summed E-state index contributed by atoms with van der Waals surface area (Å²) >= 11 is 1.40. The van der Waals surface area contributed by atoms with Crippen LogP contribution < -0.4 is 5.32 Å². The van der Waals surface area contributed by atoms with Crippen LogP contribution in [0.1, 0.15) is 33.1 Å². The summed E-state index contributed by atoms with van der Waals surface area (Å²) in [6.45, 7) is 4.17. The van der Waals surface area contributed by atoms with Gasteiger partial charge in [0.05, 0.1) is 5.25 Å². The minimum absolute atomic E-state index is 0.0903. The number of amides is 3. The Hall–Kier alpha value is -1.77. The monoisotopic (exact) mass is 369 g/mol. The number of aliphatic carboxylic acids is 1. The van der Waals surface area contributed by atoms with Gasteiger partial charge in [-0.1, -0.05) is 0 Å². The van der Waals surface area contributed by atoms with Gasteiger partial charge in [-0.3, -0.25) is 14.4 Å². The van der Waals surface area contributed by atoms with Crippen LogP contribution in [0.4, 0.5) is 0 Å². The molecule has 0 spiro atoms. The van der Waals surface area contributed by atoms with Crippen LogP contribution in [0.15, 0.2) is 0 Å². The van der Waals surface area contributed by atoms with Crippen molar-refractivity contribution in [3.63, 3.8) is 0 Å². The molecule has 2 bridgehead atoms. The number of carbonyl (C=O) groups excluding carboxylic acids is 3. The predicted molar refractivity (Wildman–Crippen MR) is 90.9 cm³/mol. The van der Waals surface area contributed by atoms with Crippen LogP contribution in [-0.4, -0.2) is 80.3 Å². The molecule has 3 heterocycles. The van der Waals surface area contributed by atoms with Crippen molar-refractivity contribution in [3.05, 3.63) is 0 Å². The number of carboxylic acid groups (broad SMARTS) is 1. The number of nitrogens with zero attached hydrogens (tertiary/aromatic N) is 2. The lowest BCUT2D eigenvalue weighted by atomic mass is 10.1. The van der Waals surface area contributed by atoms with E-state index in [4.69, 9.17) is 0 Å². The molecule has 3 fully saturated rings. The molecule has 0 aromatic heterocycles. The number of carboxylic acids is 1. The Kier molecular flexibility index (Phi) is 4.95. The van der Waals surface area contributed by atoms with Gasteiger partial charge in [0.2, 0.25) is 17.7 Å². The van der Waals surface area contributed by atoms with Crippen LogP contribution in [0.2, 0.25) is 0 Å². The van der Waals surface area contributed by atoms with E-state index in [2.05, 4.69) is 5.32 Å². The first-order chi connectivity index (χ1) is 11.8. The summed E-state index contributed by atoms with van der Waals surface area (Å²) in [5.74, 6) is -1.86. The number of carbonyl (C=O) groups is 4. The fraction of sp³-hybridized carbons (Fsp3) is 0.750. The van der Waals surface area contributed by atoms with E-state index in [-0.39, 0.29) is 34.8 Å². The van der Waals surface area contributed by atoms with Gasteiger partial charge in [-0.2, -0.15) is 0 Å². The molecule has 3 aliphatic heterocycles. The van der Waals surface area contributed by atoms with E-state index in [1.807, 2.05) is 0 Å². The second-order valence-electron chi connectivity index (χ2n) is 6.90. The normalized spacial score (nSPS) is 36.6. The summed E-state index contributed by atoms with van der Waals surface area (Å²) in [4.78, 5) is 52.4. The summed E-state index contributed by atoms with van der Waals surface area (Å²) in [5, 5.41) is 11.6. The molecule has 3 rings (SSSR count). The molecule has 0 unspecified atom stereocenters. The van der Waals surface area contributed by atoms with Crippen LogP contribution in [0.25, 0.3) is 0 Å². The van der Waals surface area contributed by atoms with Crippen molar-refractivity contribution < 1.29 is 24.3 Å². The van der Waals surface area contributed by atoms with E-state index >= 15 is 0 Å². The van der Waals surface area contributed by atoms with Crippen molar-refractivity contribution in [1.82, 2.24) is 15.1 Å². The number of hydrogen-bond acceptors (Lipinski definition) is 5. The molecule has 0 aromatic carbocycles. The zero-order valence-electron chi connectivity index (χ0n) is 14.3. The molecule has 3 saturated heterocycles. The average Bonchev–Trinajstić information content (AvgIpc) is 3.19. The molecule has 3 amide bonds. The van der Waals surface area contributed by atoms with E-state index in [9.17, 15) is 24.3 Å². The van der Waals surface area contributed by atoms with Gasteiger partial charge in [0.25, 0.3) is 0 Å². The largest absolute Gasteiger partial charge is 0.480 e. The smallest absolute Gasteiger partial charge is 0.326 e. The third-order valence-electron chi connectivity index (χ3n) is 5.14. The summed E-state index contributed by atoms with van der Waals surface area (Å²) < 4.78 is 0. The van der Waals surface area contributed by atoms with Gasteiger partial charge in [-0.25, -0.2) is 4.79 Å². The summed E-state index contributed by atoms with van der Waals surface area (Å²) in [6.07, 6.45) is 1.66. The molecule has 2 N–H and O–H groups in total. The van der Waals surface area contributed by atoms with Gasteiger partial charge < -0.3 is 20.2 Å². The highest BCUT2D eigenvalue weighted by molar-refractivity contribution is 8.01. The summed E-state index contributed by atoms with van der Waals surface area (Å²) in [7, 11) is 0. The molecule has 0 saturated carbocycles. The van der Waals surface area contributed by atoms with E-state index in [0.717, 1.165) is 6.42 Å². The Morgan fingerprint density at radius 3 is 2.60 bits per heavy atom. The maximum absolute atomic E-state index is 12.8. The SMILES string of the molecule is C[C@H]1NC(=O)[C@@H]2CCCN2C(=O)[C@@H](C)S[C@H]2C[C@@H](C(=O)O)N(C2)C1=O. The average molecular weight is 369 g/mol.